The second-order valence-electron chi connectivity index (χ2n) is 4.32. The molecule has 0 spiro atoms. The molecule has 0 fully saturated rings. The molecule has 3 rings (SSSR count). The highest BCUT2D eigenvalue weighted by Crippen LogP contribution is 2.13. The first kappa shape index (κ1) is 12.8. The minimum atomic E-state index is -0.283. The summed E-state index contributed by atoms with van der Waals surface area (Å²) in [5.74, 6) is -0.283. The Morgan fingerprint density at radius 3 is 3.10 bits per heavy atom. The zero-order valence-electron chi connectivity index (χ0n) is 10.5. The highest BCUT2D eigenvalue weighted by molar-refractivity contribution is 7.17. The summed E-state index contributed by atoms with van der Waals surface area (Å²) in [6.45, 7) is 1.01. The molecule has 0 aliphatic rings. The van der Waals surface area contributed by atoms with Crippen molar-refractivity contribution in [3.05, 3.63) is 58.2 Å². The SMILES string of the molecule is O=c1c2sccc2ncn1CCNc1cccc(F)c1. The van der Waals surface area contributed by atoms with E-state index in [1.165, 1.54) is 23.5 Å². The molecule has 0 atom stereocenters. The molecule has 3 aromatic rings. The zero-order chi connectivity index (χ0) is 13.9. The number of fused-ring (bicyclic) bond motifs is 1. The minimum absolute atomic E-state index is 0.0361. The van der Waals surface area contributed by atoms with Crippen molar-refractivity contribution in [2.45, 2.75) is 6.54 Å². The van der Waals surface area contributed by atoms with Gasteiger partial charge < -0.3 is 5.32 Å². The van der Waals surface area contributed by atoms with E-state index in [1.54, 1.807) is 23.0 Å². The van der Waals surface area contributed by atoms with Gasteiger partial charge in [0.1, 0.15) is 10.5 Å². The van der Waals surface area contributed by atoms with E-state index in [2.05, 4.69) is 10.3 Å². The topological polar surface area (TPSA) is 46.9 Å². The van der Waals surface area contributed by atoms with Crippen molar-refractivity contribution < 1.29 is 4.39 Å². The summed E-state index contributed by atoms with van der Waals surface area (Å²) in [6, 6.07) is 8.07. The van der Waals surface area contributed by atoms with Crippen molar-refractivity contribution >= 4 is 27.2 Å². The average molecular weight is 289 g/mol. The fourth-order valence-electron chi connectivity index (χ4n) is 1.96. The molecule has 0 aliphatic carbocycles. The lowest BCUT2D eigenvalue weighted by atomic mass is 10.3. The Balaban J connectivity index is 1.71. The molecule has 102 valence electrons. The van der Waals surface area contributed by atoms with Gasteiger partial charge in [0.15, 0.2) is 0 Å². The van der Waals surface area contributed by atoms with Crippen LogP contribution in [0.1, 0.15) is 0 Å². The minimum Gasteiger partial charge on any atom is -0.383 e. The molecule has 2 aromatic heterocycles. The number of anilines is 1. The monoisotopic (exact) mass is 289 g/mol. The van der Waals surface area contributed by atoms with Gasteiger partial charge in [0.05, 0.1) is 11.8 Å². The fourth-order valence-corrected chi connectivity index (χ4v) is 2.75. The van der Waals surface area contributed by atoms with Crippen LogP contribution >= 0.6 is 11.3 Å². The lowest BCUT2D eigenvalue weighted by Crippen LogP contribution is -2.23. The van der Waals surface area contributed by atoms with Gasteiger partial charge in [0.25, 0.3) is 5.56 Å². The molecular weight excluding hydrogens is 277 g/mol. The number of thiophene rings is 1. The summed E-state index contributed by atoms with van der Waals surface area (Å²) in [5.41, 5.74) is 1.39. The van der Waals surface area contributed by atoms with E-state index in [0.717, 1.165) is 5.52 Å². The highest BCUT2D eigenvalue weighted by Gasteiger charge is 2.04. The summed E-state index contributed by atoms with van der Waals surface area (Å²) in [7, 11) is 0. The standard InChI is InChI=1S/C14H12FN3OS/c15-10-2-1-3-11(8-10)16-5-6-18-9-17-12-4-7-20-13(12)14(18)19/h1-4,7-9,16H,5-6H2. The van der Waals surface area contributed by atoms with Crippen LogP contribution in [-0.2, 0) is 6.54 Å². The molecule has 0 amide bonds. The quantitative estimate of drug-likeness (QED) is 0.803. The molecule has 0 bridgehead atoms. The second kappa shape index (κ2) is 5.42. The predicted molar refractivity (Wildman–Crippen MR) is 78.8 cm³/mol. The Morgan fingerprint density at radius 2 is 2.25 bits per heavy atom. The maximum absolute atomic E-state index is 13.0. The van der Waals surface area contributed by atoms with Gasteiger partial charge in [-0.15, -0.1) is 11.3 Å². The van der Waals surface area contributed by atoms with E-state index in [9.17, 15) is 9.18 Å². The third kappa shape index (κ3) is 2.55. The van der Waals surface area contributed by atoms with Crippen LogP contribution in [0.15, 0.2) is 46.8 Å². The van der Waals surface area contributed by atoms with Gasteiger partial charge >= 0.3 is 0 Å². The Labute approximate surface area is 118 Å². The highest BCUT2D eigenvalue weighted by atomic mass is 32.1. The Bertz CT molecular complexity index is 796. The van der Waals surface area contributed by atoms with Crippen LogP contribution in [0.25, 0.3) is 10.2 Å². The van der Waals surface area contributed by atoms with Gasteiger partial charge in [-0.25, -0.2) is 9.37 Å². The number of hydrogen-bond acceptors (Lipinski definition) is 4. The third-order valence-corrected chi connectivity index (χ3v) is 3.83. The molecule has 0 unspecified atom stereocenters. The second-order valence-corrected chi connectivity index (χ2v) is 5.23. The summed E-state index contributed by atoms with van der Waals surface area (Å²) < 4.78 is 15.2. The molecule has 4 nitrogen and oxygen atoms in total. The van der Waals surface area contributed by atoms with Crippen LogP contribution in [0, 0.1) is 5.82 Å². The van der Waals surface area contributed by atoms with E-state index >= 15 is 0 Å². The van der Waals surface area contributed by atoms with Crippen LogP contribution in [0.3, 0.4) is 0 Å². The van der Waals surface area contributed by atoms with E-state index < -0.39 is 0 Å². The number of rotatable bonds is 4. The van der Waals surface area contributed by atoms with Crippen molar-refractivity contribution in [1.29, 1.82) is 0 Å². The van der Waals surface area contributed by atoms with Gasteiger partial charge in [0, 0.05) is 18.8 Å². The first-order valence-corrected chi connectivity index (χ1v) is 7.04. The molecule has 20 heavy (non-hydrogen) atoms. The average Bonchev–Trinajstić information content (AvgIpc) is 2.91. The predicted octanol–water partition coefficient (Wildman–Crippen LogP) is 2.71. The molecule has 2 heterocycles. The number of nitrogens with zero attached hydrogens (tertiary/aromatic N) is 2. The van der Waals surface area contributed by atoms with Crippen molar-refractivity contribution in [2.75, 3.05) is 11.9 Å². The zero-order valence-corrected chi connectivity index (χ0v) is 11.4. The first-order chi connectivity index (χ1) is 9.74. The Hall–Kier alpha value is -2.21. The van der Waals surface area contributed by atoms with Gasteiger partial charge in [-0.2, -0.15) is 0 Å². The lowest BCUT2D eigenvalue weighted by molar-refractivity contribution is 0.627. The molecule has 0 saturated carbocycles. The van der Waals surface area contributed by atoms with Crippen LogP contribution in [0.4, 0.5) is 10.1 Å². The summed E-state index contributed by atoms with van der Waals surface area (Å²) in [5, 5.41) is 4.93. The van der Waals surface area contributed by atoms with Gasteiger partial charge in [-0.05, 0) is 29.6 Å². The lowest BCUT2D eigenvalue weighted by Gasteiger charge is -2.08. The first-order valence-electron chi connectivity index (χ1n) is 6.16. The number of aromatic nitrogens is 2. The number of nitrogens with one attached hydrogen (secondary N) is 1. The van der Waals surface area contributed by atoms with Crippen LogP contribution in [0.2, 0.25) is 0 Å². The molecular formula is C14H12FN3OS. The smallest absolute Gasteiger partial charge is 0.271 e. The summed E-state index contributed by atoms with van der Waals surface area (Å²) >= 11 is 1.39. The van der Waals surface area contributed by atoms with Crippen LogP contribution < -0.4 is 10.9 Å². The van der Waals surface area contributed by atoms with Crippen LogP contribution in [-0.4, -0.2) is 16.1 Å². The van der Waals surface area contributed by atoms with Gasteiger partial charge in [-0.3, -0.25) is 9.36 Å². The van der Waals surface area contributed by atoms with Crippen molar-refractivity contribution in [3.8, 4) is 0 Å². The molecule has 0 aliphatic heterocycles. The van der Waals surface area contributed by atoms with E-state index in [4.69, 9.17) is 0 Å². The number of halogens is 1. The largest absolute Gasteiger partial charge is 0.383 e. The van der Waals surface area contributed by atoms with Crippen molar-refractivity contribution in [1.82, 2.24) is 9.55 Å². The van der Waals surface area contributed by atoms with Gasteiger partial charge in [0.2, 0.25) is 0 Å². The fraction of sp³-hybridized carbons (Fsp3) is 0.143. The molecule has 1 N–H and O–H groups in total. The molecule has 6 heteroatoms. The third-order valence-electron chi connectivity index (χ3n) is 2.94. The van der Waals surface area contributed by atoms with E-state index in [-0.39, 0.29) is 11.4 Å². The Kier molecular flexibility index (Phi) is 3.47. The van der Waals surface area contributed by atoms with Crippen LogP contribution in [0.5, 0.6) is 0 Å². The van der Waals surface area contributed by atoms with E-state index in [1.807, 2.05) is 11.4 Å². The molecule has 0 saturated heterocycles. The number of benzene rings is 1. The summed E-state index contributed by atoms with van der Waals surface area (Å²) in [6.07, 6.45) is 1.55. The Morgan fingerprint density at radius 1 is 1.35 bits per heavy atom. The maximum Gasteiger partial charge on any atom is 0.271 e. The van der Waals surface area contributed by atoms with E-state index in [0.29, 0.717) is 23.5 Å². The van der Waals surface area contributed by atoms with Crippen molar-refractivity contribution in [3.63, 3.8) is 0 Å². The summed E-state index contributed by atoms with van der Waals surface area (Å²) in [4.78, 5) is 16.4. The number of hydrogen-bond donors (Lipinski definition) is 1. The molecule has 1 aromatic carbocycles. The normalized spacial score (nSPS) is 10.8. The molecule has 0 radical (unpaired) electrons. The van der Waals surface area contributed by atoms with Gasteiger partial charge in [-0.1, -0.05) is 6.07 Å². The maximum atomic E-state index is 13.0. The van der Waals surface area contributed by atoms with Crippen molar-refractivity contribution in [2.24, 2.45) is 0 Å².